The molecule has 2 heterocycles. The number of carbonyl (C=O) groups is 1. The minimum Gasteiger partial charge on any atom is -0.495 e. The van der Waals surface area contributed by atoms with Gasteiger partial charge in [-0.2, -0.15) is 0 Å². The van der Waals surface area contributed by atoms with E-state index in [9.17, 15) is 13.2 Å². The van der Waals surface area contributed by atoms with Gasteiger partial charge in [-0.3, -0.25) is 4.98 Å². The smallest absolute Gasteiger partial charge is 0.319 e. The van der Waals surface area contributed by atoms with Gasteiger partial charge in [-0.15, -0.1) is 0 Å². The SMILES string of the molecule is COc1ccc([C@@H]2CN(c3ccc(CNS(C)(=O)=O)cc3)CC[C@H]2NC(=O)Nc2ccc(Cl)cc2)nc1. The summed E-state index contributed by atoms with van der Waals surface area (Å²) in [6, 6.07) is 18.1. The van der Waals surface area contributed by atoms with Crippen LogP contribution >= 0.6 is 11.6 Å². The van der Waals surface area contributed by atoms with Crippen molar-refractivity contribution in [2.24, 2.45) is 0 Å². The molecule has 3 N–H and O–H groups in total. The molecule has 196 valence electrons. The van der Waals surface area contributed by atoms with Crippen LogP contribution in [0.4, 0.5) is 16.2 Å². The van der Waals surface area contributed by atoms with Gasteiger partial charge in [0.25, 0.3) is 0 Å². The zero-order valence-corrected chi connectivity index (χ0v) is 22.2. The molecule has 11 heteroatoms. The summed E-state index contributed by atoms with van der Waals surface area (Å²) in [5, 5.41) is 6.59. The van der Waals surface area contributed by atoms with E-state index in [4.69, 9.17) is 16.3 Å². The number of ether oxygens (including phenoxy) is 1. The standard InChI is InChI=1S/C26H30ClN5O4S/c1-36-22-11-12-24(28-16-22)23-17-32(21-9-3-18(4-10-21)15-29-37(2,34)35)14-13-25(23)31-26(33)30-20-7-5-19(27)6-8-20/h3-12,16,23,25,29H,13-15,17H2,1-2H3,(H2,30,31,33)/t23-,25+/m0/s1. The second kappa shape index (κ2) is 11.8. The Bertz CT molecular complexity index is 1300. The number of aromatic nitrogens is 1. The van der Waals surface area contributed by atoms with Gasteiger partial charge in [0, 0.05) is 53.7 Å². The highest BCUT2D eigenvalue weighted by atomic mass is 35.5. The predicted octanol–water partition coefficient (Wildman–Crippen LogP) is 3.98. The van der Waals surface area contributed by atoms with Gasteiger partial charge >= 0.3 is 6.03 Å². The molecule has 1 fully saturated rings. The minimum absolute atomic E-state index is 0.0674. The Labute approximate surface area is 222 Å². The number of hydrogen-bond acceptors (Lipinski definition) is 6. The van der Waals surface area contributed by atoms with Crippen molar-refractivity contribution >= 4 is 39.0 Å². The lowest BCUT2D eigenvalue weighted by molar-refractivity contribution is 0.243. The van der Waals surface area contributed by atoms with Crippen molar-refractivity contribution in [3.8, 4) is 5.75 Å². The first-order valence-corrected chi connectivity index (χ1v) is 14.1. The van der Waals surface area contributed by atoms with Crippen LogP contribution in [0.25, 0.3) is 0 Å². The zero-order chi connectivity index (χ0) is 26.4. The first-order valence-electron chi connectivity index (χ1n) is 11.8. The molecule has 1 saturated heterocycles. The number of anilines is 2. The Morgan fingerprint density at radius 3 is 2.46 bits per heavy atom. The molecule has 37 heavy (non-hydrogen) atoms. The van der Waals surface area contributed by atoms with Gasteiger partial charge in [0.05, 0.1) is 19.6 Å². The highest BCUT2D eigenvalue weighted by Gasteiger charge is 2.33. The van der Waals surface area contributed by atoms with Crippen LogP contribution in [0.1, 0.15) is 23.6 Å². The summed E-state index contributed by atoms with van der Waals surface area (Å²) in [6.07, 6.45) is 3.54. The van der Waals surface area contributed by atoms with Gasteiger partial charge in [0.15, 0.2) is 0 Å². The predicted molar refractivity (Wildman–Crippen MR) is 146 cm³/mol. The third-order valence-electron chi connectivity index (χ3n) is 6.25. The average Bonchev–Trinajstić information content (AvgIpc) is 2.89. The maximum absolute atomic E-state index is 12.8. The summed E-state index contributed by atoms with van der Waals surface area (Å²) >= 11 is 5.94. The summed E-state index contributed by atoms with van der Waals surface area (Å²) in [4.78, 5) is 19.7. The van der Waals surface area contributed by atoms with Crippen LogP contribution in [0.2, 0.25) is 5.02 Å². The van der Waals surface area contributed by atoms with Gasteiger partial charge in [-0.1, -0.05) is 23.7 Å². The Morgan fingerprint density at radius 2 is 1.84 bits per heavy atom. The van der Waals surface area contributed by atoms with Crippen molar-refractivity contribution in [1.82, 2.24) is 15.0 Å². The van der Waals surface area contributed by atoms with E-state index < -0.39 is 10.0 Å². The highest BCUT2D eigenvalue weighted by molar-refractivity contribution is 7.88. The number of benzene rings is 2. The van der Waals surface area contributed by atoms with Crippen LogP contribution in [-0.4, -0.2) is 51.9 Å². The normalized spacial score (nSPS) is 17.8. The molecule has 0 bridgehead atoms. The van der Waals surface area contributed by atoms with Crippen LogP contribution in [-0.2, 0) is 16.6 Å². The maximum Gasteiger partial charge on any atom is 0.319 e. The average molecular weight is 544 g/mol. The van der Waals surface area contributed by atoms with E-state index in [1.807, 2.05) is 36.4 Å². The summed E-state index contributed by atoms with van der Waals surface area (Å²) in [6.45, 7) is 1.62. The number of methoxy groups -OCH3 is 1. The third kappa shape index (κ3) is 7.58. The largest absolute Gasteiger partial charge is 0.495 e. The second-order valence-electron chi connectivity index (χ2n) is 8.94. The van der Waals surface area contributed by atoms with Crippen molar-refractivity contribution in [3.05, 3.63) is 83.1 Å². The molecule has 2 aromatic carbocycles. The van der Waals surface area contributed by atoms with E-state index in [0.29, 0.717) is 29.4 Å². The summed E-state index contributed by atoms with van der Waals surface area (Å²) < 4.78 is 30.5. The number of piperidine rings is 1. The van der Waals surface area contributed by atoms with E-state index in [-0.39, 0.29) is 24.5 Å². The van der Waals surface area contributed by atoms with Gasteiger partial charge in [-0.25, -0.2) is 17.9 Å². The van der Waals surface area contributed by atoms with E-state index in [1.165, 1.54) is 0 Å². The van der Waals surface area contributed by atoms with Crippen LogP contribution < -0.4 is 25.0 Å². The molecule has 0 aliphatic carbocycles. The first-order chi connectivity index (χ1) is 17.7. The van der Waals surface area contributed by atoms with E-state index in [2.05, 4.69) is 25.2 Å². The zero-order valence-electron chi connectivity index (χ0n) is 20.6. The first kappa shape index (κ1) is 26.7. The van der Waals surface area contributed by atoms with Crippen molar-refractivity contribution in [1.29, 1.82) is 0 Å². The maximum atomic E-state index is 12.8. The number of hydrogen-bond donors (Lipinski definition) is 3. The third-order valence-corrected chi connectivity index (χ3v) is 7.17. The molecule has 1 aliphatic heterocycles. The molecular weight excluding hydrogens is 514 g/mol. The van der Waals surface area contributed by atoms with Gasteiger partial charge < -0.3 is 20.3 Å². The molecule has 0 unspecified atom stereocenters. The highest BCUT2D eigenvalue weighted by Crippen LogP contribution is 2.30. The molecule has 0 radical (unpaired) electrons. The summed E-state index contributed by atoms with van der Waals surface area (Å²) in [5.41, 5.74) is 3.41. The fourth-order valence-electron chi connectivity index (χ4n) is 4.30. The number of amides is 2. The Hall–Kier alpha value is -3.34. The monoisotopic (exact) mass is 543 g/mol. The van der Waals surface area contributed by atoms with Crippen molar-refractivity contribution in [2.45, 2.75) is 24.9 Å². The fraction of sp³-hybridized carbons (Fsp3) is 0.308. The van der Waals surface area contributed by atoms with Crippen LogP contribution in [0.5, 0.6) is 5.75 Å². The lowest BCUT2D eigenvalue weighted by Gasteiger charge is -2.40. The lowest BCUT2D eigenvalue weighted by atomic mass is 9.88. The number of sulfonamides is 1. The molecule has 2 amide bonds. The summed E-state index contributed by atoms with van der Waals surface area (Å²) in [5.74, 6) is 0.599. The molecule has 4 rings (SSSR count). The molecule has 0 spiro atoms. The number of nitrogens with one attached hydrogen (secondary N) is 3. The molecule has 0 saturated carbocycles. The van der Waals surface area contributed by atoms with Gasteiger partial charge in [0.1, 0.15) is 5.75 Å². The number of rotatable bonds is 8. The van der Waals surface area contributed by atoms with Crippen LogP contribution in [0.3, 0.4) is 0 Å². The molecule has 2 atom stereocenters. The molecule has 3 aromatic rings. The number of nitrogens with zero attached hydrogens (tertiary/aromatic N) is 2. The number of carbonyl (C=O) groups excluding carboxylic acids is 1. The number of halogens is 1. The van der Waals surface area contributed by atoms with Gasteiger partial charge in [0.2, 0.25) is 10.0 Å². The summed E-state index contributed by atoms with van der Waals surface area (Å²) in [7, 11) is -1.66. The van der Waals surface area contributed by atoms with E-state index >= 15 is 0 Å². The molecule has 1 aromatic heterocycles. The topological polar surface area (TPSA) is 113 Å². The van der Waals surface area contributed by atoms with Crippen molar-refractivity contribution in [2.75, 3.05) is 36.7 Å². The van der Waals surface area contributed by atoms with Gasteiger partial charge in [-0.05, 0) is 60.5 Å². The van der Waals surface area contributed by atoms with Crippen molar-refractivity contribution in [3.63, 3.8) is 0 Å². The van der Waals surface area contributed by atoms with Crippen molar-refractivity contribution < 1.29 is 17.9 Å². The Kier molecular flexibility index (Phi) is 8.52. The molecule has 9 nitrogen and oxygen atoms in total. The number of pyridine rings is 1. The quantitative estimate of drug-likeness (QED) is 0.396. The minimum atomic E-state index is -3.26. The van der Waals surface area contributed by atoms with E-state index in [0.717, 1.165) is 29.7 Å². The lowest BCUT2D eigenvalue weighted by Crippen LogP contribution is -2.51. The fourth-order valence-corrected chi connectivity index (χ4v) is 4.85. The van der Waals surface area contributed by atoms with Crippen LogP contribution in [0.15, 0.2) is 66.9 Å². The molecular formula is C26H30ClN5O4S. The second-order valence-corrected chi connectivity index (χ2v) is 11.2. The Balaban J connectivity index is 1.48. The van der Waals surface area contributed by atoms with E-state index in [1.54, 1.807) is 37.6 Å². The van der Waals surface area contributed by atoms with Crippen LogP contribution in [0, 0.1) is 0 Å². The number of urea groups is 1. The Morgan fingerprint density at radius 1 is 1.11 bits per heavy atom. The molecule has 1 aliphatic rings.